The molecule has 0 atom stereocenters. The van der Waals surface area contributed by atoms with E-state index in [1.165, 1.54) is 11.6 Å². The lowest BCUT2D eigenvalue weighted by Crippen LogP contribution is -2.54. The first-order valence-corrected chi connectivity index (χ1v) is 10.7. The smallest absolute Gasteiger partial charge is 0.335 e. The van der Waals surface area contributed by atoms with Crippen LogP contribution in [-0.4, -0.2) is 17.8 Å². The zero-order valence-electron chi connectivity index (χ0n) is 18.5. The predicted molar refractivity (Wildman–Crippen MR) is 127 cm³/mol. The third kappa shape index (κ3) is 5.01. The van der Waals surface area contributed by atoms with Crippen LogP contribution in [0, 0.1) is 6.92 Å². The molecule has 1 N–H and O–H groups in total. The lowest BCUT2D eigenvalue weighted by Gasteiger charge is -2.26. The second-order valence-corrected chi connectivity index (χ2v) is 7.82. The molecular weight excluding hydrogens is 416 g/mol. The van der Waals surface area contributed by atoms with Crippen LogP contribution >= 0.6 is 0 Å². The SMILES string of the molecule is CCc1ccc(N2C(=O)NC(=O)/C(=C/c3cccc(OCc4ccc(C)cc4)c3)C2=O)cc1. The van der Waals surface area contributed by atoms with Gasteiger partial charge in [0.1, 0.15) is 17.9 Å². The number of nitrogens with one attached hydrogen (secondary N) is 1. The fraction of sp³-hybridized carbons (Fsp3) is 0.148. The summed E-state index contributed by atoms with van der Waals surface area (Å²) in [6.07, 6.45) is 2.31. The normalized spacial score (nSPS) is 15.0. The third-order valence-corrected chi connectivity index (χ3v) is 5.40. The summed E-state index contributed by atoms with van der Waals surface area (Å²) in [6, 6.07) is 21.5. The van der Waals surface area contributed by atoms with Crippen molar-refractivity contribution in [1.29, 1.82) is 0 Å². The number of amides is 4. The number of nitrogens with zero attached hydrogens (tertiary/aromatic N) is 1. The first-order valence-electron chi connectivity index (χ1n) is 10.7. The molecule has 1 fully saturated rings. The Morgan fingerprint density at radius 1 is 0.909 bits per heavy atom. The molecule has 6 heteroatoms. The van der Waals surface area contributed by atoms with Gasteiger partial charge in [0.25, 0.3) is 11.8 Å². The molecule has 1 aliphatic rings. The van der Waals surface area contributed by atoms with Crippen molar-refractivity contribution >= 4 is 29.6 Å². The number of rotatable bonds is 6. The molecule has 33 heavy (non-hydrogen) atoms. The van der Waals surface area contributed by atoms with Crippen LogP contribution in [0.25, 0.3) is 6.08 Å². The first kappa shape index (κ1) is 22.0. The number of imide groups is 2. The summed E-state index contributed by atoms with van der Waals surface area (Å²) in [7, 11) is 0. The number of aryl methyl sites for hydroxylation is 2. The second-order valence-electron chi connectivity index (χ2n) is 7.82. The summed E-state index contributed by atoms with van der Waals surface area (Å²) in [4.78, 5) is 38.9. The molecule has 6 nitrogen and oxygen atoms in total. The molecule has 0 aliphatic carbocycles. The third-order valence-electron chi connectivity index (χ3n) is 5.40. The number of carbonyl (C=O) groups is 3. The molecule has 0 unspecified atom stereocenters. The summed E-state index contributed by atoms with van der Waals surface area (Å²) in [5, 5.41) is 2.25. The number of ether oxygens (including phenoxy) is 1. The van der Waals surface area contributed by atoms with Crippen molar-refractivity contribution in [2.24, 2.45) is 0 Å². The zero-order valence-corrected chi connectivity index (χ0v) is 18.5. The maximum Gasteiger partial charge on any atom is 0.335 e. The lowest BCUT2D eigenvalue weighted by molar-refractivity contribution is -0.122. The molecule has 3 aromatic carbocycles. The fourth-order valence-corrected chi connectivity index (χ4v) is 3.48. The van der Waals surface area contributed by atoms with Gasteiger partial charge in [0.2, 0.25) is 0 Å². The van der Waals surface area contributed by atoms with Crippen molar-refractivity contribution < 1.29 is 19.1 Å². The Morgan fingerprint density at radius 3 is 2.30 bits per heavy atom. The first-order chi connectivity index (χ1) is 15.9. The van der Waals surface area contributed by atoms with Gasteiger partial charge >= 0.3 is 6.03 Å². The van der Waals surface area contributed by atoms with E-state index in [4.69, 9.17) is 4.74 Å². The van der Waals surface area contributed by atoms with Crippen LogP contribution in [0.15, 0.2) is 78.4 Å². The molecule has 1 heterocycles. The molecule has 1 aliphatic heterocycles. The van der Waals surface area contributed by atoms with Crippen molar-refractivity contribution in [2.75, 3.05) is 4.90 Å². The van der Waals surface area contributed by atoms with Crippen molar-refractivity contribution in [3.63, 3.8) is 0 Å². The molecule has 0 radical (unpaired) electrons. The number of benzene rings is 3. The standard InChI is InChI=1S/C27H24N2O4/c1-3-19-11-13-22(14-12-19)29-26(31)24(25(30)28-27(29)32)16-21-5-4-6-23(15-21)33-17-20-9-7-18(2)8-10-20/h4-16H,3,17H2,1-2H3,(H,28,30,32)/b24-16-. The Kier molecular flexibility index (Phi) is 6.36. The van der Waals surface area contributed by atoms with Gasteiger partial charge in [0.05, 0.1) is 5.69 Å². The quantitative estimate of drug-likeness (QED) is 0.441. The second kappa shape index (κ2) is 9.53. The largest absolute Gasteiger partial charge is 0.489 e. The van der Waals surface area contributed by atoms with Crippen molar-refractivity contribution in [3.8, 4) is 5.75 Å². The monoisotopic (exact) mass is 440 g/mol. The minimum absolute atomic E-state index is 0.121. The average Bonchev–Trinajstić information content (AvgIpc) is 2.82. The van der Waals surface area contributed by atoms with E-state index in [2.05, 4.69) is 5.32 Å². The fourth-order valence-electron chi connectivity index (χ4n) is 3.48. The Balaban J connectivity index is 1.55. The van der Waals surface area contributed by atoms with Gasteiger partial charge in [0.15, 0.2) is 0 Å². The molecule has 0 spiro atoms. The summed E-state index contributed by atoms with van der Waals surface area (Å²) in [5.74, 6) is -0.784. The van der Waals surface area contributed by atoms with Gasteiger partial charge in [-0.15, -0.1) is 0 Å². The van der Waals surface area contributed by atoms with E-state index in [0.29, 0.717) is 23.6 Å². The Bertz CT molecular complexity index is 1230. The van der Waals surface area contributed by atoms with Gasteiger partial charge in [-0.3, -0.25) is 14.9 Å². The van der Waals surface area contributed by atoms with E-state index in [9.17, 15) is 14.4 Å². The highest BCUT2D eigenvalue weighted by molar-refractivity contribution is 6.39. The molecule has 1 saturated heterocycles. The van der Waals surface area contributed by atoms with Crippen molar-refractivity contribution in [2.45, 2.75) is 26.9 Å². The maximum atomic E-state index is 13.1. The summed E-state index contributed by atoms with van der Waals surface area (Å²) in [5.41, 5.74) is 4.20. The molecule has 4 amide bonds. The van der Waals surface area contributed by atoms with Gasteiger partial charge in [-0.05, 0) is 60.4 Å². The van der Waals surface area contributed by atoms with E-state index < -0.39 is 17.8 Å². The topological polar surface area (TPSA) is 75.7 Å². The van der Waals surface area contributed by atoms with E-state index in [0.717, 1.165) is 22.4 Å². The predicted octanol–water partition coefficient (Wildman–Crippen LogP) is 4.80. The van der Waals surface area contributed by atoms with Gasteiger partial charge in [-0.2, -0.15) is 0 Å². The molecule has 3 aromatic rings. The minimum atomic E-state index is -0.762. The number of hydrogen-bond donors (Lipinski definition) is 1. The van der Waals surface area contributed by atoms with Gasteiger partial charge in [0, 0.05) is 0 Å². The summed E-state index contributed by atoms with van der Waals surface area (Å²) in [6.45, 7) is 4.45. The van der Waals surface area contributed by atoms with Gasteiger partial charge in [-0.1, -0.05) is 61.0 Å². The number of barbiturate groups is 1. The minimum Gasteiger partial charge on any atom is -0.489 e. The molecule has 166 valence electrons. The summed E-state index contributed by atoms with van der Waals surface area (Å²) >= 11 is 0. The average molecular weight is 440 g/mol. The van der Waals surface area contributed by atoms with E-state index in [1.54, 1.807) is 30.3 Å². The van der Waals surface area contributed by atoms with Crippen molar-refractivity contribution in [3.05, 3.63) is 101 Å². The lowest BCUT2D eigenvalue weighted by atomic mass is 10.1. The highest BCUT2D eigenvalue weighted by Gasteiger charge is 2.36. The highest BCUT2D eigenvalue weighted by Crippen LogP contribution is 2.24. The van der Waals surface area contributed by atoms with Crippen LogP contribution in [0.5, 0.6) is 5.75 Å². The maximum absolute atomic E-state index is 13.1. The number of urea groups is 1. The van der Waals surface area contributed by atoms with Crippen LogP contribution in [0.1, 0.15) is 29.2 Å². The zero-order chi connectivity index (χ0) is 23.4. The Labute approximate surface area is 192 Å². The van der Waals surface area contributed by atoms with E-state index in [-0.39, 0.29) is 5.57 Å². The summed E-state index contributed by atoms with van der Waals surface area (Å²) < 4.78 is 5.87. The van der Waals surface area contributed by atoms with Crippen molar-refractivity contribution in [1.82, 2.24) is 5.32 Å². The number of hydrogen-bond acceptors (Lipinski definition) is 4. The molecule has 0 aromatic heterocycles. The van der Waals surface area contributed by atoms with Gasteiger partial charge in [-0.25, -0.2) is 9.69 Å². The highest BCUT2D eigenvalue weighted by atomic mass is 16.5. The molecular formula is C27H24N2O4. The van der Waals surface area contributed by atoms with Crippen LogP contribution < -0.4 is 15.0 Å². The van der Waals surface area contributed by atoms with Gasteiger partial charge < -0.3 is 4.74 Å². The number of carbonyl (C=O) groups excluding carboxylic acids is 3. The molecule has 0 saturated carbocycles. The molecule has 0 bridgehead atoms. The van der Waals surface area contributed by atoms with Crippen LogP contribution in [0.3, 0.4) is 0 Å². The van der Waals surface area contributed by atoms with Crippen LogP contribution in [0.2, 0.25) is 0 Å². The van der Waals surface area contributed by atoms with Crippen LogP contribution in [-0.2, 0) is 22.6 Å². The van der Waals surface area contributed by atoms with E-state index in [1.807, 2.05) is 56.3 Å². The molecule has 4 rings (SSSR count). The van der Waals surface area contributed by atoms with Crippen LogP contribution in [0.4, 0.5) is 10.5 Å². The Morgan fingerprint density at radius 2 is 1.61 bits per heavy atom. The van der Waals surface area contributed by atoms with E-state index >= 15 is 0 Å². The number of anilines is 1. The Hall–Kier alpha value is -4.19.